The summed E-state index contributed by atoms with van der Waals surface area (Å²) < 4.78 is 0. The molecule has 0 atom stereocenters. The quantitative estimate of drug-likeness (QED) is 0.182. The fraction of sp³-hybridized carbons (Fsp3) is 0.969. The predicted molar refractivity (Wildman–Crippen MR) is 159 cm³/mol. The molecule has 0 aliphatic carbocycles. The zero-order chi connectivity index (χ0) is 27.7. The van der Waals surface area contributed by atoms with Gasteiger partial charge in [-0.15, -0.1) is 0 Å². The van der Waals surface area contributed by atoms with E-state index < -0.39 is 5.97 Å². The number of halogens is 1. The molecule has 0 aromatic carbocycles. The third-order valence-corrected chi connectivity index (χ3v) is 6.48. The van der Waals surface area contributed by atoms with Crippen LogP contribution in [-0.4, -0.2) is 47.2 Å². The molecule has 5 heteroatoms. The Morgan fingerprint density at radius 2 is 0.703 bits per heavy atom. The van der Waals surface area contributed by atoms with Gasteiger partial charge in [0.2, 0.25) is 0 Å². The van der Waals surface area contributed by atoms with Gasteiger partial charge >= 0.3 is 0 Å². The first-order valence-corrected chi connectivity index (χ1v) is 16.1. The number of nitrogens with one attached hydrogen (secondary N) is 2. The van der Waals surface area contributed by atoms with Crippen molar-refractivity contribution in [1.82, 2.24) is 0 Å². The first-order chi connectivity index (χ1) is 17.3. The highest BCUT2D eigenvalue weighted by Crippen LogP contribution is 2.14. The third kappa shape index (κ3) is 56.9. The van der Waals surface area contributed by atoms with Crippen molar-refractivity contribution in [2.24, 2.45) is 0 Å². The molecule has 0 saturated carbocycles. The number of carbonyl (C=O) groups is 1. The minimum absolute atomic E-state index is 0. The van der Waals surface area contributed by atoms with Crippen molar-refractivity contribution < 1.29 is 32.1 Å². The summed E-state index contributed by atoms with van der Waals surface area (Å²) in [5, 5.41) is 10.3. The van der Waals surface area contributed by atoms with Gasteiger partial charge < -0.3 is 32.1 Å². The maximum Gasteiger partial charge on any atom is 0.0764 e. The molecule has 0 amide bonds. The van der Waals surface area contributed by atoms with Gasteiger partial charge in [-0.3, -0.25) is 0 Å². The SMILES string of the molecule is CCCCCCCCCCCCCCCCCCCCCC(=O)[O-].CCC[NH+](C)C.CCC[NH+](C)C.[Cl-]. The van der Waals surface area contributed by atoms with Gasteiger partial charge in [0.05, 0.1) is 41.3 Å². The molecule has 0 rings (SSSR count). The number of quaternary nitrogens is 2. The molecule has 0 bridgehead atoms. The molecular formula is C32H71ClN2O2. The lowest BCUT2D eigenvalue weighted by Gasteiger charge is -2.04. The predicted octanol–water partition coefficient (Wildman–Crippen LogP) is 2.64. The first kappa shape index (κ1) is 43.7. The fourth-order valence-corrected chi connectivity index (χ4v) is 4.35. The lowest BCUT2D eigenvalue weighted by Crippen LogP contribution is -3.05. The largest absolute Gasteiger partial charge is 1.00 e. The van der Waals surface area contributed by atoms with Gasteiger partial charge in [0.15, 0.2) is 0 Å². The van der Waals surface area contributed by atoms with E-state index in [2.05, 4.69) is 49.0 Å². The number of carboxylic acid groups (broad SMARTS) is 1. The number of rotatable bonds is 24. The monoisotopic (exact) mass is 551 g/mol. The Kier molecular flexibility index (Phi) is 47.5. The van der Waals surface area contributed by atoms with Crippen molar-refractivity contribution in [3.05, 3.63) is 0 Å². The van der Waals surface area contributed by atoms with Crippen LogP contribution in [0, 0.1) is 0 Å². The van der Waals surface area contributed by atoms with Gasteiger partial charge in [-0.05, 0) is 25.7 Å². The van der Waals surface area contributed by atoms with Crippen molar-refractivity contribution >= 4 is 5.97 Å². The second-order valence-corrected chi connectivity index (χ2v) is 11.4. The zero-order valence-electron chi connectivity index (χ0n) is 26.7. The summed E-state index contributed by atoms with van der Waals surface area (Å²) in [6.45, 7) is 9.27. The van der Waals surface area contributed by atoms with E-state index in [1.54, 1.807) is 0 Å². The minimum Gasteiger partial charge on any atom is -1.00 e. The summed E-state index contributed by atoms with van der Waals surface area (Å²) in [7, 11) is 8.68. The number of hydrogen-bond donors (Lipinski definition) is 2. The topological polar surface area (TPSA) is 49.0 Å². The molecule has 0 radical (unpaired) electrons. The molecule has 37 heavy (non-hydrogen) atoms. The van der Waals surface area contributed by atoms with Crippen LogP contribution in [0.5, 0.6) is 0 Å². The van der Waals surface area contributed by atoms with Crippen molar-refractivity contribution in [3.8, 4) is 0 Å². The summed E-state index contributed by atoms with van der Waals surface area (Å²) >= 11 is 0. The second-order valence-electron chi connectivity index (χ2n) is 11.4. The molecule has 228 valence electrons. The van der Waals surface area contributed by atoms with E-state index in [0.717, 1.165) is 12.8 Å². The smallest absolute Gasteiger partial charge is 0.0764 e. The van der Waals surface area contributed by atoms with Crippen molar-refractivity contribution in [2.45, 2.75) is 162 Å². The Hall–Kier alpha value is -0.320. The molecule has 0 aromatic heterocycles. The molecule has 0 fully saturated rings. The van der Waals surface area contributed by atoms with Gasteiger partial charge in [0.25, 0.3) is 0 Å². The Morgan fingerprint density at radius 3 is 0.865 bits per heavy atom. The van der Waals surface area contributed by atoms with Gasteiger partial charge in [-0.2, -0.15) is 0 Å². The lowest BCUT2D eigenvalue weighted by molar-refractivity contribution is -0.858. The van der Waals surface area contributed by atoms with Crippen LogP contribution >= 0.6 is 0 Å². The highest BCUT2D eigenvalue weighted by molar-refractivity contribution is 5.63. The molecule has 0 aliphatic heterocycles. The molecular weight excluding hydrogens is 480 g/mol. The lowest BCUT2D eigenvalue weighted by atomic mass is 10.0. The number of aliphatic carboxylic acids is 1. The standard InChI is InChI=1S/C22H44O2.2C5H13N.ClH/c1-2-3-4-5-6-7-8-9-10-11-12-13-14-15-16-17-18-19-20-21-22(23)24;2*1-4-5-6(2)3;/h2-21H2,1H3,(H,23,24);2*4-5H2,1-3H3;1H. The van der Waals surface area contributed by atoms with Crippen LogP contribution < -0.4 is 27.3 Å². The molecule has 0 aliphatic rings. The maximum atomic E-state index is 10.3. The number of hydrogen-bond acceptors (Lipinski definition) is 2. The van der Waals surface area contributed by atoms with Crippen molar-refractivity contribution in [1.29, 1.82) is 0 Å². The average Bonchev–Trinajstić information content (AvgIpc) is 2.81. The van der Waals surface area contributed by atoms with Crippen LogP contribution in [-0.2, 0) is 4.79 Å². The minimum atomic E-state index is -0.901. The average molecular weight is 551 g/mol. The normalized spacial score (nSPS) is 10.4. The van der Waals surface area contributed by atoms with Crippen LogP contribution in [0.25, 0.3) is 0 Å². The number of unbranched alkanes of at least 4 members (excludes halogenated alkanes) is 18. The molecule has 0 unspecified atom stereocenters. The molecule has 4 nitrogen and oxygen atoms in total. The van der Waals surface area contributed by atoms with Gasteiger partial charge in [-0.25, -0.2) is 0 Å². The Morgan fingerprint density at radius 1 is 0.459 bits per heavy atom. The summed E-state index contributed by atoms with van der Waals surface area (Å²) in [4.78, 5) is 13.3. The Labute approximate surface area is 241 Å². The van der Waals surface area contributed by atoms with E-state index in [1.807, 2.05) is 0 Å². The second kappa shape index (κ2) is 40.2. The van der Waals surface area contributed by atoms with Crippen molar-refractivity contribution in [3.63, 3.8) is 0 Å². The van der Waals surface area contributed by atoms with Gasteiger partial charge in [-0.1, -0.05) is 136 Å². The van der Waals surface area contributed by atoms with Crippen LogP contribution in [0.2, 0.25) is 0 Å². The van der Waals surface area contributed by atoms with E-state index in [-0.39, 0.29) is 18.8 Å². The summed E-state index contributed by atoms with van der Waals surface area (Å²) in [6, 6.07) is 0. The Bertz CT molecular complexity index is 383. The maximum absolute atomic E-state index is 10.3. The first-order valence-electron chi connectivity index (χ1n) is 16.1. The summed E-state index contributed by atoms with van der Waals surface area (Å²) in [5.74, 6) is -0.901. The number of carboxylic acids is 1. The fourth-order valence-electron chi connectivity index (χ4n) is 4.35. The summed E-state index contributed by atoms with van der Waals surface area (Å²) in [5.41, 5.74) is 0. The molecule has 0 aromatic rings. The highest BCUT2D eigenvalue weighted by Gasteiger charge is 1.95. The zero-order valence-corrected chi connectivity index (χ0v) is 27.4. The summed E-state index contributed by atoms with van der Waals surface area (Å²) in [6.07, 6.45) is 28.3. The van der Waals surface area contributed by atoms with E-state index in [1.165, 1.54) is 145 Å². The molecule has 0 heterocycles. The van der Waals surface area contributed by atoms with Crippen LogP contribution in [0.4, 0.5) is 0 Å². The molecule has 0 spiro atoms. The van der Waals surface area contributed by atoms with Crippen LogP contribution in [0.1, 0.15) is 162 Å². The van der Waals surface area contributed by atoms with E-state index in [0.29, 0.717) is 0 Å². The van der Waals surface area contributed by atoms with Crippen molar-refractivity contribution in [2.75, 3.05) is 41.3 Å². The van der Waals surface area contributed by atoms with Gasteiger partial charge in [0.1, 0.15) is 0 Å². The molecule has 0 saturated heterocycles. The van der Waals surface area contributed by atoms with E-state index >= 15 is 0 Å². The highest BCUT2D eigenvalue weighted by atomic mass is 35.5. The van der Waals surface area contributed by atoms with Crippen LogP contribution in [0.15, 0.2) is 0 Å². The van der Waals surface area contributed by atoms with Gasteiger partial charge in [0, 0.05) is 5.97 Å². The Balaban J connectivity index is -0.000000345. The van der Waals surface area contributed by atoms with Crippen LogP contribution in [0.3, 0.4) is 0 Å². The third-order valence-electron chi connectivity index (χ3n) is 6.48. The molecule has 2 N–H and O–H groups in total. The number of carbonyl (C=O) groups excluding carboxylic acids is 1. The van der Waals surface area contributed by atoms with E-state index in [9.17, 15) is 9.90 Å². The van der Waals surface area contributed by atoms with E-state index in [4.69, 9.17) is 0 Å².